The molecular weight excluding hydrogens is 212 g/mol. The van der Waals surface area contributed by atoms with Crippen molar-refractivity contribution in [3.05, 3.63) is 0 Å². The van der Waals surface area contributed by atoms with Gasteiger partial charge in [-0.3, -0.25) is 4.79 Å². The van der Waals surface area contributed by atoms with Crippen molar-refractivity contribution in [2.24, 2.45) is 23.5 Å². The van der Waals surface area contributed by atoms with E-state index in [4.69, 9.17) is 5.73 Å². The first-order valence-electron chi connectivity index (χ1n) is 7.17. The summed E-state index contributed by atoms with van der Waals surface area (Å²) in [6.45, 7) is 6.32. The van der Waals surface area contributed by atoms with E-state index in [9.17, 15) is 4.79 Å². The minimum atomic E-state index is 0.189. The van der Waals surface area contributed by atoms with Crippen LogP contribution in [0, 0.1) is 17.8 Å². The van der Waals surface area contributed by atoms with E-state index in [0.29, 0.717) is 11.8 Å². The Balaban J connectivity index is 1.95. The minimum absolute atomic E-state index is 0.189. The van der Waals surface area contributed by atoms with Gasteiger partial charge >= 0.3 is 0 Å². The molecule has 0 aromatic rings. The zero-order valence-electron chi connectivity index (χ0n) is 11.2. The molecule has 1 heterocycles. The molecule has 1 aliphatic carbocycles. The van der Waals surface area contributed by atoms with Gasteiger partial charge in [0.15, 0.2) is 0 Å². The summed E-state index contributed by atoms with van der Waals surface area (Å²) in [5.74, 6) is 1.65. The van der Waals surface area contributed by atoms with Crippen LogP contribution in [0.25, 0.3) is 0 Å². The van der Waals surface area contributed by atoms with Gasteiger partial charge in [0.25, 0.3) is 0 Å². The zero-order valence-corrected chi connectivity index (χ0v) is 11.2. The fourth-order valence-electron chi connectivity index (χ4n) is 3.35. The topological polar surface area (TPSA) is 46.3 Å². The van der Waals surface area contributed by atoms with Crippen molar-refractivity contribution < 1.29 is 4.79 Å². The second-order valence-corrected chi connectivity index (χ2v) is 5.91. The van der Waals surface area contributed by atoms with Gasteiger partial charge in [0.05, 0.1) is 0 Å². The van der Waals surface area contributed by atoms with Gasteiger partial charge in [-0.1, -0.05) is 26.7 Å². The second-order valence-electron chi connectivity index (χ2n) is 5.91. The molecule has 17 heavy (non-hydrogen) atoms. The lowest BCUT2D eigenvalue weighted by Crippen LogP contribution is -2.45. The maximum Gasteiger partial charge on any atom is 0.226 e. The van der Waals surface area contributed by atoms with Crippen molar-refractivity contribution in [2.45, 2.75) is 52.0 Å². The smallest absolute Gasteiger partial charge is 0.226 e. The molecular formula is C14H26N2O. The summed E-state index contributed by atoms with van der Waals surface area (Å²) < 4.78 is 0. The van der Waals surface area contributed by atoms with Crippen LogP contribution in [0.2, 0.25) is 0 Å². The van der Waals surface area contributed by atoms with Crippen molar-refractivity contribution in [3.63, 3.8) is 0 Å². The number of nitrogens with zero attached hydrogens (tertiary/aromatic N) is 1. The third-order valence-electron chi connectivity index (χ3n) is 4.85. The molecule has 1 aliphatic heterocycles. The Morgan fingerprint density at radius 3 is 2.76 bits per heavy atom. The molecule has 4 unspecified atom stereocenters. The predicted octanol–water partition coefficient (Wildman–Crippen LogP) is 2.01. The van der Waals surface area contributed by atoms with Crippen molar-refractivity contribution in [2.75, 3.05) is 13.1 Å². The van der Waals surface area contributed by atoms with Gasteiger partial charge in [-0.25, -0.2) is 0 Å². The number of likely N-dealkylation sites (tertiary alicyclic amines) is 1. The van der Waals surface area contributed by atoms with Gasteiger partial charge in [-0.05, 0) is 31.1 Å². The molecule has 1 saturated heterocycles. The van der Waals surface area contributed by atoms with Crippen LogP contribution in [0.1, 0.15) is 46.0 Å². The van der Waals surface area contributed by atoms with Crippen LogP contribution in [0.15, 0.2) is 0 Å². The van der Waals surface area contributed by atoms with Crippen LogP contribution in [0.3, 0.4) is 0 Å². The van der Waals surface area contributed by atoms with Crippen LogP contribution in [-0.2, 0) is 4.79 Å². The van der Waals surface area contributed by atoms with Crippen LogP contribution >= 0.6 is 0 Å². The van der Waals surface area contributed by atoms with Crippen molar-refractivity contribution in [1.82, 2.24) is 4.90 Å². The number of carbonyl (C=O) groups is 1. The fourth-order valence-corrected chi connectivity index (χ4v) is 3.35. The molecule has 2 rings (SSSR count). The molecule has 2 aliphatic rings. The SMILES string of the molecule is CCC1CCN(C(=O)C2CCCC(N)C2C)C1. The normalized spacial score (nSPS) is 38.4. The van der Waals surface area contributed by atoms with Gasteiger partial charge < -0.3 is 10.6 Å². The molecule has 0 aromatic carbocycles. The first kappa shape index (κ1) is 12.9. The maximum absolute atomic E-state index is 12.5. The summed E-state index contributed by atoms with van der Waals surface area (Å²) in [6.07, 6.45) is 5.63. The average molecular weight is 238 g/mol. The minimum Gasteiger partial charge on any atom is -0.342 e. The number of amides is 1. The van der Waals surface area contributed by atoms with Crippen molar-refractivity contribution >= 4 is 5.91 Å². The van der Waals surface area contributed by atoms with E-state index in [2.05, 4.69) is 18.7 Å². The van der Waals surface area contributed by atoms with Crippen LogP contribution < -0.4 is 5.73 Å². The molecule has 2 fully saturated rings. The first-order valence-corrected chi connectivity index (χ1v) is 7.17. The Bertz CT molecular complexity index is 279. The molecule has 1 saturated carbocycles. The lowest BCUT2D eigenvalue weighted by Gasteiger charge is -2.35. The maximum atomic E-state index is 12.5. The Labute approximate surface area is 105 Å². The number of carbonyl (C=O) groups excluding carboxylic acids is 1. The molecule has 0 aromatic heterocycles. The highest BCUT2D eigenvalue weighted by molar-refractivity contribution is 5.79. The van der Waals surface area contributed by atoms with Gasteiger partial charge in [0.1, 0.15) is 0 Å². The Kier molecular flexibility index (Phi) is 4.08. The molecule has 3 nitrogen and oxygen atoms in total. The number of hydrogen-bond donors (Lipinski definition) is 1. The molecule has 1 amide bonds. The highest BCUT2D eigenvalue weighted by Crippen LogP contribution is 2.32. The summed E-state index contributed by atoms with van der Waals surface area (Å²) in [6, 6.07) is 0.224. The monoisotopic (exact) mass is 238 g/mol. The van der Waals surface area contributed by atoms with Crippen molar-refractivity contribution in [1.29, 1.82) is 0 Å². The first-order chi connectivity index (χ1) is 8.13. The van der Waals surface area contributed by atoms with Gasteiger partial charge in [0, 0.05) is 25.0 Å². The largest absolute Gasteiger partial charge is 0.342 e. The lowest BCUT2D eigenvalue weighted by atomic mass is 9.76. The van der Waals surface area contributed by atoms with E-state index in [-0.39, 0.29) is 12.0 Å². The van der Waals surface area contributed by atoms with E-state index in [1.54, 1.807) is 0 Å². The molecule has 0 radical (unpaired) electrons. The highest BCUT2D eigenvalue weighted by atomic mass is 16.2. The standard InChI is InChI=1S/C14H26N2O/c1-3-11-7-8-16(9-11)14(17)12-5-4-6-13(15)10(12)2/h10-13H,3-9,15H2,1-2H3. The number of nitrogens with two attached hydrogens (primary N) is 1. The quantitative estimate of drug-likeness (QED) is 0.800. The van der Waals surface area contributed by atoms with E-state index in [0.717, 1.165) is 38.3 Å². The zero-order chi connectivity index (χ0) is 12.4. The molecule has 98 valence electrons. The summed E-state index contributed by atoms with van der Waals surface area (Å²) in [7, 11) is 0. The molecule has 0 spiro atoms. The molecule has 3 heteroatoms. The molecule has 0 bridgehead atoms. The summed E-state index contributed by atoms with van der Waals surface area (Å²) in [4.78, 5) is 14.6. The molecule has 4 atom stereocenters. The van der Waals surface area contributed by atoms with E-state index < -0.39 is 0 Å². The van der Waals surface area contributed by atoms with Gasteiger partial charge in [0.2, 0.25) is 5.91 Å². The van der Waals surface area contributed by atoms with Gasteiger partial charge in [-0.15, -0.1) is 0 Å². The summed E-state index contributed by atoms with van der Waals surface area (Å²) in [5, 5.41) is 0. The highest BCUT2D eigenvalue weighted by Gasteiger charge is 2.36. The predicted molar refractivity (Wildman–Crippen MR) is 69.5 cm³/mol. The third kappa shape index (κ3) is 2.65. The Morgan fingerprint density at radius 1 is 1.35 bits per heavy atom. The fraction of sp³-hybridized carbons (Fsp3) is 0.929. The van der Waals surface area contributed by atoms with E-state index in [1.807, 2.05) is 0 Å². The summed E-state index contributed by atoms with van der Waals surface area (Å²) >= 11 is 0. The van der Waals surface area contributed by atoms with E-state index >= 15 is 0 Å². The molecule has 2 N–H and O–H groups in total. The van der Waals surface area contributed by atoms with Crippen LogP contribution in [0.5, 0.6) is 0 Å². The van der Waals surface area contributed by atoms with Crippen molar-refractivity contribution in [3.8, 4) is 0 Å². The second kappa shape index (κ2) is 5.38. The average Bonchev–Trinajstić information content (AvgIpc) is 2.80. The number of rotatable bonds is 2. The Hall–Kier alpha value is -0.570. The third-order valence-corrected chi connectivity index (χ3v) is 4.85. The van der Waals surface area contributed by atoms with E-state index in [1.165, 1.54) is 12.8 Å². The summed E-state index contributed by atoms with van der Waals surface area (Å²) in [5.41, 5.74) is 6.09. The number of hydrogen-bond acceptors (Lipinski definition) is 2. The van der Waals surface area contributed by atoms with Crippen LogP contribution in [0.4, 0.5) is 0 Å². The Morgan fingerprint density at radius 2 is 2.12 bits per heavy atom. The lowest BCUT2D eigenvalue weighted by molar-refractivity contribution is -0.137. The van der Waals surface area contributed by atoms with Gasteiger partial charge in [-0.2, -0.15) is 0 Å². The van der Waals surface area contributed by atoms with Crippen LogP contribution in [-0.4, -0.2) is 29.9 Å².